The third-order valence-corrected chi connectivity index (χ3v) is 2.86. The molecule has 2 aromatic rings. The van der Waals surface area contributed by atoms with E-state index in [9.17, 15) is 9.18 Å². The van der Waals surface area contributed by atoms with E-state index in [1.54, 1.807) is 19.1 Å². The molecule has 6 nitrogen and oxygen atoms in total. The van der Waals surface area contributed by atoms with Crippen molar-refractivity contribution in [1.29, 1.82) is 0 Å². The summed E-state index contributed by atoms with van der Waals surface area (Å²) in [6, 6.07) is 4.60. The van der Waals surface area contributed by atoms with E-state index in [1.165, 1.54) is 10.9 Å². The van der Waals surface area contributed by atoms with Crippen molar-refractivity contribution in [2.24, 2.45) is 5.92 Å². The van der Waals surface area contributed by atoms with Crippen molar-refractivity contribution in [3.05, 3.63) is 29.6 Å². The number of aryl methyl sites for hydroxylation is 1. The lowest BCUT2D eigenvalue weighted by Crippen LogP contribution is -2.31. The van der Waals surface area contributed by atoms with Gasteiger partial charge in [-0.15, -0.1) is 10.2 Å². The predicted molar refractivity (Wildman–Crippen MR) is 75.8 cm³/mol. The van der Waals surface area contributed by atoms with E-state index in [1.807, 2.05) is 13.8 Å². The van der Waals surface area contributed by atoms with Gasteiger partial charge in [0, 0.05) is 12.1 Å². The normalized spacial score (nSPS) is 10.9. The van der Waals surface area contributed by atoms with Gasteiger partial charge in [-0.1, -0.05) is 13.8 Å². The second-order valence-electron chi connectivity index (χ2n) is 5.31. The van der Waals surface area contributed by atoms with Crippen LogP contribution in [0.1, 0.15) is 19.4 Å². The van der Waals surface area contributed by atoms with Gasteiger partial charge in [-0.3, -0.25) is 4.79 Å². The van der Waals surface area contributed by atoms with Crippen LogP contribution in [0, 0.1) is 18.7 Å². The van der Waals surface area contributed by atoms with Crippen molar-refractivity contribution in [2.75, 3.05) is 6.54 Å². The molecule has 2 rings (SSSR count). The Morgan fingerprint density at radius 2 is 2.19 bits per heavy atom. The summed E-state index contributed by atoms with van der Waals surface area (Å²) in [6.45, 7) is 6.33. The highest BCUT2D eigenvalue weighted by Crippen LogP contribution is 2.17. The van der Waals surface area contributed by atoms with E-state index in [0.29, 0.717) is 29.4 Å². The third kappa shape index (κ3) is 4.08. The number of benzene rings is 1. The highest BCUT2D eigenvalue weighted by atomic mass is 19.1. The minimum absolute atomic E-state index is 0.0138. The number of nitrogens with zero attached hydrogens (tertiary/aromatic N) is 4. The summed E-state index contributed by atoms with van der Waals surface area (Å²) in [5.41, 5.74) is 1.18. The molecule has 7 heteroatoms. The van der Waals surface area contributed by atoms with Gasteiger partial charge in [-0.2, -0.15) is 4.80 Å². The Labute approximate surface area is 122 Å². The minimum atomic E-state index is -0.279. The van der Waals surface area contributed by atoms with Gasteiger partial charge in [0.1, 0.15) is 12.4 Å². The molecule has 112 valence electrons. The molecule has 0 bridgehead atoms. The van der Waals surface area contributed by atoms with Crippen LogP contribution < -0.4 is 5.32 Å². The van der Waals surface area contributed by atoms with Crippen LogP contribution in [0.4, 0.5) is 4.39 Å². The maximum Gasteiger partial charge on any atom is 0.243 e. The summed E-state index contributed by atoms with van der Waals surface area (Å²) < 4.78 is 13.2. The second kappa shape index (κ2) is 6.43. The Kier molecular flexibility index (Phi) is 4.62. The van der Waals surface area contributed by atoms with Gasteiger partial charge in [0.25, 0.3) is 0 Å². The maximum atomic E-state index is 13.2. The summed E-state index contributed by atoms with van der Waals surface area (Å²) in [5.74, 6) is 0.312. The van der Waals surface area contributed by atoms with Crippen LogP contribution in [0.5, 0.6) is 0 Å². The van der Waals surface area contributed by atoms with E-state index in [0.717, 1.165) is 0 Å². The summed E-state index contributed by atoms with van der Waals surface area (Å²) in [5, 5.41) is 14.6. The number of hydrogen-bond donors (Lipinski definition) is 1. The first-order valence-corrected chi connectivity index (χ1v) is 6.76. The number of hydrogen-bond acceptors (Lipinski definition) is 4. The quantitative estimate of drug-likeness (QED) is 0.907. The van der Waals surface area contributed by atoms with Crippen LogP contribution in [0.3, 0.4) is 0 Å². The maximum absolute atomic E-state index is 13.2. The lowest BCUT2D eigenvalue weighted by atomic mass is 10.1. The molecule has 1 amide bonds. The topological polar surface area (TPSA) is 72.7 Å². The molecule has 0 unspecified atom stereocenters. The molecular formula is C14H18FN5O. The van der Waals surface area contributed by atoms with E-state index in [-0.39, 0.29) is 18.3 Å². The van der Waals surface area contributed by atoms with Crippen molar-refractivity contribution in [2.45, 2.75) is 27.3 Å². The minimum Gasteiger partial charge on any atom is -0.354 e. The molecule has 1 N–H and O–H groups in total. The number of rotatable bonds is 5. The number of nitrogens with one attached hydrogen (secondary N) is 1. The summed E-state index contributed by atoms with van der Waals surface area (Å²) in [7, 11) is 0. The van der Waals surface area contributed by atoms with Gasteiger partial charge in [-0.25, -0.2) is 4.39 Å². The summed E-state index contributed by atoms with van der Waals surface area (Å²) in [6.07, 6.45) is 0. The van der Waals surface area contributed by atoms with Crippen molar-refractivity contribution in [1.82, 2.24) is 25.5 Å². The number of carbonyl (C=O) groups is 1. The van der Waals surface area contributed by atoms with Gasteiger partial charge in [0.2, 0.25) is 11.7 Å². The monoisotopic (exact) mass is 291 g/mol. The Bertz CT molecular complexity index is 638. The first-order valence-electron chi connectivity index (χ1n) is 6.76. The zero-order valence-corrected chi connectivity index (χ0v) is 12.3. The fourth-order valence-corrected chi connectivity index (χ4v) is 1.71. The third-order valence-electron chi connectivity index (χ3n) is 2.86. The molecule has 1 heterocycles. The van der Waals surface area contributed by atoms with E-state index >= 15 is 0 Å². The zero-order valence-electron chi connectivity index (χ0n) is 12.3. The number of amides is 1. The van der Waals surface area contributed by atoms with Gasteiger partial charge < -0.3 is 5.32 Å². The number of aromatic nitrogens is 4. The van der Waals surface area contributed by atoms with Crippen molar-refractivity contribution < 1.29 is 9.18 Å². The molecule has 0 fully saturated rings. The molecule has 0 atom stereocenters. The molecule has 0 saturated heterocycles. The highest BCUT2D eigenvalue weighted by molar-refractivity contribution is 5.75. The van der Waals surface area contributed by atoms with Gasteiger partial charge in [0.15, 0.2) is 0 Å². The molecule has 0 aliphatic heterocycles. The first-order chi connectivity index (χ1) is 9.95. The van der Waals surface area contributed by atoms with Gasteiger partial charge in [0.05, 0.1) is 0 Å². The lowest BCUT2D eigenvalue weighted by Gasteiger charge is -2.06. The Morgan fingerprint density at radius 3 is 2.86 bits per heavy atom. The first kappa shape index (κ1) is 15.1. The lowest BCUT2D eigenvalue weighted by molar-refractivity contribution is -0.122. The van der Waals surface area contributed by atoms with Crippen LogP contribution in [0.25, 0.3) is 11.4 Å². The van der Waals surface area contributed by atoms with Crippen LogP contribution in [-0.2, 0) is 11.3 Å². The van der Waals surface area contributed by atoms with Crippen molar-refractivity contribution in [3.8, 4) is 11.4 Å². The summed E-state index contributed by atoms with van der Waals surface area (Å²) >= 11 is 0. The van der Waals surface area contributed by atoms with Crippen LogP contribution in [-0.4, -0.2) is 32.7 Å². The summed E-state index contributed by atoms with van der Waals surface area (Å²) in [4.78, 5) is 12.9. The molecule has 1 aromatic carbocycles. The number of carbonyl (C=O) groups excluding carboxylic acids is 1. The van der Waals surface area contributed by atoms with Gasteiger partial charge >= 0.3 is 0 Å². The Balaban J connectivity index is 2.04. The molecular weight excluding hydrogens is 273 g/mol. The van der Waals surface area contributed by atoms with Crippen LogP contribution in [0.2, 0.25) is 0 Å². The van der Waals surface area contributed by atoms with E-state index < -0.39 is 0 Å². The molecule has 0 radical (unpaired) electrons. The Hall–Kier alpha value is -2.31. The molecule has 0 spiro atoms. The SMILES string of the molecule is Cc1cc(-c2nnn(CC(=O)NCC(C)C)n2)ccc1F. The molecule has 0 saturated carbocycles. The molecule has 1 aromatic heterocycles. The van der Waals surface area contributed by atoms with Crippen LogP contribution in [0.15, 0.2) is 18.2 Å². The number of tetrazole rings is 1. The fourth-order valence-electron chi connectivity index (χ4n) is 1.71. The standard InChI is InChI=1S/C14H18FN5O/c1-9(2)7-16-13(21)8-20-18-14(17-19-20)11-4-5-12(15)10(3)6-11/h4-6,9H,7-8H2,1-3H3,(H,16,21). The predicted octanol–water partition coefficient (Wildman–Crippen LogP) is 1.56. The van der Waals surface area contributed by atoms with Crippen molar-refractivity contribution >= 4 is 5.91 Å². The molecule has 0 aliphatic rings. The zero-order chi connectivity index (χ0) is 15.4. The largest absolute Gasteiger partial charge is 0.354 e. The van der Waals surface area contributed by atoms with Crippen molar-refractivity contribution in [3.63, 3.8) is 0 Å². The van der Waals surface area contributed by atoms with E-state index in [4.69, 9.17) is 0 Å². The van der Waals surface area contributed by atoms with Gasteiger partial charge in [-0.05, 0) is 41.8 Å². The number of halogens is 1. The average Bonchev–Trinajstić information content (AvgIpc) is 2.88. The molecule has 0 aliphatic carbocycles. The average molecular weight is 291 g/mol. The molecule has 21 heavy (non-hydrogen) atoms. The fraction of sp³-hybridized carbons (Fsp3) is 0.429. The second-order valence-corrected chi connectivity index (χ2v) is 5.31. The van der Waals surface area contributed by atoms with Crippen LogP contribution >= 0.6 is 0 Å². The highest BCUT2D eigenvalue weighted by Gasteiger charge is 2.10. The smallest absolute Gasteiger partial charge is 0.243 e. The Morgan fingerprint density at radius 1 is 1.43 bits per heavy atom. The van der Waals surface area contributed by atoms with E-state index in [2.05, 4.69) is 20.7 Å².